The molecule has 9 nitrogen and oxygen atoms in total. The van der Waals surface area contributed by atoms with E-state index >= 15 is 0 Å². The van der Waals surface area contributed by atoms with Crippen molar-refractivity contribution in [1.29, 1.82) is 0 Å². The van der Waals surface area contributed by atoms with E-state index in [1.165, 1.54) is 12.1 Å². The number of hydrogen-bond donors (Lipinski definition) is 2. The van der Waals surface area contributed by atoms with Gasteiger partial charge in [0.2, 0.25) is 5.78 Å². The summed E-state index contributed by atoms with van der Waals surface area (Å²) in [7, 11) is 3.47. The van der Waals surface area contributed by atoms with Crippen LogP contribution in [0.5, 0.6) is 5.75 Å². The third-order valence-electron chi connectivity index (χ3n) is 5.93. The van der Waals surface area contributed by atoms with Crippen molar-refractivity contribution in [3.05, 3.63) is 59.5 Å². The summed E-state index contributed by atoms with van der Waals surface area (Å²) < 4.78 is 57.2. The van der Waals surface area contributed by atoms with E-state index < -0.39 is 23.4 Å². The zero-order valence-electron chi connectivity index (χ0n) is 21.9. The molecule has 12 heteroatoms. The number of nitrogens with one attached hydrogen (secondary N) is 2. The highest BCUT2D eigenvalue weighted by atomic mass is 19.4. The zero-order chi connectivity index (χ0) is 28.4. The van der Waals surface area contributed by atoms with Crippen molar-refractivity contribution >= 4 is 34.6 Å². The number of carbonyl (C=O) groups is 2. The number of ketones is 1. The van der Waals surface area contributed by atoms with Gasteiger partial charge in [-0.2, -0.15) is 13.2 Å². The molecule has 4 rings (SSSR count). The van der Waals surface area contributed by atoms with Crippen molar-refractivity contribution in [2.45, 2.75) is 32.0 Å². The smallest absolute Gasteiger partial charge is 0.420 e. The molecule has 0 atom stereocenters. The highest BCUT2D eigenvalue weighted by Crippen LogP contribution is 2.40. The fourth-order valence-electron chi connectivity index (χ4n) is 4.00. The van der Waals surface area contributed by atoms with Crippen LogP contribution in [0, 0.1) is 0 Å². The molecule has 39 heavy (non-hydrogen) atoms. The number of benzene rings is 1. The molecule has 1 aromatic carbocycles. The lowest BCUT2D eigenvalue weighted by atomic mass is 10.0. The number of ether oxygens (including phenoxy) is 3. The minimum atomic E-state index is -4.70. The molecular weight excluding hydrogens is 517 g/mol. The molecule has 0 saturated carbocycles. The number of amides is 2. The number of allylic oxidation sites excluding steroid dienone is 4. The molecule has 208 valence electrons. The average molecular weight is 547 g/mol. The van der Waals surface area contributed by atoms with Crippen molar-refractivity contribution in [3.8, 4) is 5.75 Å². The first-order valence-corrected chi connectivity index (χ1v) is 12.2. The molecule has 2 N–H and O–H groups in total. The van der Waals surface area contributed by atoms with Gasteiger partial charge in [0.05, 0.1) is 36.8 Å². The van der Waals surface area contributed by atoms with Crippen LogP contribution in [0.4, 0.5) is 35.2 Å². The molecule has 0 bridgehead atoms. The van der Waals surface area contributed by atoms with Crippen LogP contribution in [-0.4, -0.2) is 56.3 Å². The Kier molecular flexibility index (Phi) is 7.86. The third-order valence-corrected chi connectivity index (χ3v) is 5.93. The first-order chi connectivity index (χ1) is 18.4. The molecule has 1 saturated heterocycles. The van der Waals surface area contributed by atoms with Gasteiger partial charge in [-0.25, -0.2) is 9.78 Å². The van der Waals surface area contributed by atoms with Crippen LogP contribution < -0.4 is 20.3 Å². The molecule has 2 aliphatic rings. The Morgan fingerprint density at radius 2 is 1.92 bits per heavy atom. The van der Waals surface area contributed by atoms with Gasteiger partial charge in [-0.05, 0) is 50.3 Å². The summed E-state index contributed by atoms with van der Waals surface area (Å²) in [5, 5.41) is 5.08. The average Bonchev–Trinajstić information content (AvgIpc) is 2.85. The summed E-state index contributed by atoms with van der Waals surface area (Å²) in [6.07, 6.45) is -1.15. The molecule has 0 radical (unpaired) electrons. The van der Waals surface area contributed by atoms with E-state index in [0.717, 1.165) is 6.07 Å². The molecule has 1 aromatic heterocycles. The molecular formula is C27H29F3N4O5. The van der Waals surface area contributed by atoms with Gasteiger partial charge >= 0.3 is 12.2 Å². The number of nitrogens with zero attached hydrogens (tertiary/aromatic N) is 2. The van der Waals surface area contributed by atoms with E-state index in [-0.39, 0.29) is 42.6 Å². The molecule has 0 spiro atoms. The third kappa shape index (κ3) is 6.51. The molecule has 1 aliphatic heterocycles. The number of Topliss-reactive ketones (excluding diaryl/α,β-unsaturated/α-hetero) is 1. The SMILES string of the molecule is CCOC1=CC(c2ccc(NC(=O)Nc3ccc(OC4(C)COC4)c(C(F)(F)F)c3)c(N(C)C)n2)=CCC1=O. The molecule has 1 aliphatic carbocycles. The predicted octanol–water partition coefficient (Wildman–Crippen LogP) is 5.25. The van der Waals surface area contributed by atoms with Crippen LogP contribution in [0.3, 0.4) is 0 Å². The maximum absolute atomic E-state index is 13.7. The maximum Gasteiger partial charge on any atom is 0.420 e. The van der Waals surface area contributed by atoms with Gasteiger partial charge in [-0.3, -0.25) is 4.79 Å². The molecule has 2 heterocycles. The Morgan fingerprint density at radius 1 is 1.18 bits per heavy atom. The van der Waals surface area contributed by atoms with E-state index in [0.29, 0.717) is 29.4 Å². The summed E-state index contributed by atoms with van der Waals surface area (Å²) in [6.45, 7) is 4.18. The van der Waals surface area contributed by atoms with Crippen molar-refractivity contribution in [2.75, 3.05) is 49.4 Å². The van der Waals surface area contributed by atoms with Crippen LogP contribution in [0.2, 0.25) is 0 Å². The number of carbonyl (C=O) groups excluding carboxylic acids is 2. The second kappa shape index (κ2) is 11.0. The molecule has 2 aromatic rings. The number of pyridine rings is 1. The normalized spacial score (nSPS) is 16.4. The van der Waals surface area contributed by atoms with Gasteiger partial charge in [-0.1, -0.05) is 6.08 Å². The van der Waals surface area contributed by atoms with Crippen LogP contribution in [0.1, 0.15) is 31.5 Å². The quantitative estimate of drug-likeness (QED) is 0.466. The van der Waals surface area contributed by atoms with Crippen LogP contribution in [0.25, 0.3) is 5.57 Å². The summed E-state index contributed by atoms with van der Waals surface area (Å²) in [4.78, 5) is 31.1. The van der Waals surface area contributed by atoms with Crippen molar-refractivity contribution in [3.63, 3.8) is 0 Å². The fraction of sp³-hybridized carbons (Fsp3) is 0.370. The second-order valence-corrected chi connectivity index (χ2v) is 9.52. The summed E-state index contributed by atoms with van der Waals surface area (Å²) in [5.74, 6) is 0.203. The number of hydrogen-bond acceptors (Lipinski definition) is 7. The standard InChI is InChI=1S/C27H29F3N4O5/c1-5-38-23-12-16(6-10-21(23)35)19-8-9-20(24(32-19)34(3)4)33-25(36)31-17-7-11-22(18(13-17)27(28,29)30)39-26(2)14-37-15-26/h6-9,11-13H,5,10,14-15H2,1-4H3,(H2,31,33,36). The summed E-state index contributed by atoms with van der Waals surface area (Å²) in [5.41, 5.74) is -0.322. The monoisotopic (exact) mass is 546 g/mol. The minimum Gasteiger partial charge on any atom is -0.490 e. The first-order valence-electron chi connectivity index (χ1n) is 12.2. The second-order valence-electron chi connectivity index (χ2n) is 9.52. The van der Waals surface area contributed by atoms with Crippen molar-refractivity contribution in [2.24, 2.45) is 0 Å². The van der Waals surface area contributed by atoms with Crippen molar-refractivity contribution < 1.29 is 37.0 Å². The topological polar surface area (TPSA) is 102 Å². The Balaban J connectivity index is 1.52. The molecule has 0 unspecified atom stereocenters. The fourth-order valence-corrected chi connectivity index (χ4v) is 4.00. The Morgan fingerprint density at radius 3 is 2.54 bits per heavy atom. The zero-order valence-corrected chi connectivity index (χ0v) is 21.9. The number of halogens is 3. The minimum absolute atomic E-state index is 0.0659. The van der Waals surface area contributed by atoms with Gasteiger partial charge in [0.15, 0.2) is 17.2 Å². The number of urea groups is 1. The van der Waals surface area contributed by atoms with E-state index in [4.69, 9.17) is 14.2 Å². The van der Waals surface area contributed by atoms with Crippen LogP contribution >= 0.6 is 0 Å². The highest BCUT2D eigenvalue weighted by molar-refractivity contribution is 6.02. The molecule has 2 amide bonds. The number of aromatic nitrogens is 1. The van der Waals surface area contributed by atoms with Gasteiger partial charge in [0, 0.05) is 31.8 Å². The van der Waals surface area contributed by atoms with Crippen molar-refractivity contribution in [1.82, 2.24) is 4.98 Å². The maximum atomic E-state index is 13.7. The van der Waals surface area contributed by atoms with E-state index in [9.17, 15) is 22.8 Å². The van der Waals surface area contributed by atoms with Gasteiger partial charge < -0.3 is 29.7 Å². The lowest BCUT2D eigenvalue weighted by molar-refractivity contribution is -0.160. The molecule has 1 fully saturated rings. The number of rotatable bonds is 8. The van der Waals surface area contributed by atoms with Crippen LogP contribution in [-0.2, 0) is 20.4 Å². The number of anilines is 3. The Bertz CT molecular complexity index is 1330. The van der Waals surface area contributed by atoms with Gasteiger partial charge in [0.1, 0.15) is 5.75 Å². The predicted molar refractivity (Wildman–Crippen MR) is 140 cm³/mol. The Labute approximate surface area is 223 Å². The first kappa shape index (κ1) is 28.0. The van der Waals surface area contributed by atoms with Gasteiger partial charge in [-0.15, -0.1) is 0 Å². The highest BCUT2D eigenvalue weighted by Gasteiger charge is 2.40. The van der Waals surface area contributed by atoms with Gasteiger partial charge in [0.25, 0.3) is 0 Å². The largest absolute Gasteiger partial charge is 0.490 e. The van der Waals surface area contributed by atoms with Crippen LogP contribution in [0.15, 0.2) is 48.2 Å². The Hall–Kier alpha value is -4.06. The number of alkyl halides is 3. The summed E-state index contributed by atoms with van der Waals surface area (Å²) >= 11 is 0. The lowest BCUT2D eigenvalue weighted by Gasteiger charge is -2.38. The van der Waals surface area contributed by atoms with E-state index in [2.05, 4.69) is 15.6 Å². The lowest BCUT2D eigenvalue weighted by Crippen LogP contribution is -2.51. The summed E-state index contributed by atoms with van der Waals surface area (Å²) in [6, 6.07) is 5.88. The van der Waals surface area contributed by atoms with E-state index in [1.807, 2.05) is 0 Å². The van der Waals surface area contributed by atoms with E-state index in [1.54, 1.807) is 57.1 Å².